The molecule has 0 saturated carbocycles. The molecule has 21 heavy (non-hydrogen) atoms. The molecule has 2 rings (SSSR count). The van der Waals surface area contributed by atoms with E-state index >= 15 is 0 Å². The van der Waals surface area contributed by atoms with Gasteiger partial charge in [-0.05, 0) is 37.4 Å². The molecule has 0 saturated heterocycles. The summed E-state index contributed by atoms with van der Waals surface area (Å²) in [4.78, 5) is 4.33. The van der Waals surface area contributed by atoms with Gasteiger partial charge in [0.25, 0.3) is 5.22 Å². The molecule has 2 aromatic rings. The molecule has 1 aromatic carbocycles. The van der Waals surface area contributed by atoms with Crippen LogP contribution in [0, 0.1) is 12.8 Å². The van der Waals surface area contributed by atoms with Gasteiger partial charge >= 0.3 is 0 Å². The van der Waals surface area contributed by atoms with Gasteiger partial charge in [0.05, 0.1) is 5.69 Å². The van der Waals surface area contributed by atoms with Gasteiger partial charge in [0.1, 0.15) is 6.26 Å². The molecule has 0 aliphatic rings. The Morgan fingerprint density at radius 2 is 1.95 bits per heavy atom. The minimum Gasteiger partial charge on any atom is -0.440 e. The first-order valence-corrected chi connectivity index (χ1v) is 8.38. The van der Waals surface area contributed by atoms with Gasteiger partial charge in [-0.1, -0.05) is 49.9 Å². The van der Waals surface area contributed by atoms with E-state index in [1.54, 1.807) is 18.0 Å². The monoisotopic (exact) mass is 304 g/mol. The topological polar surface area (TPSA) is 38.1 Å². The molecule has 1 heterocycles. The predicted molar refractivity (Wildman–Crippen MR) is 88.7 cm³/mol. The Morgan fingerprint density at radius 3 is 2.48 bits per heavy atom. The number of aryl methyl sites for hydroxylation is 1. The van der Waals surface area contributed by atoms with Crippen molar-refractivity contribution in [3.8, 4) is 0 Å². The van der Waals surface area contributed by atoms with Gasteiger partial charge in [-0.15, -0.1) is 0 Å². The molecule has 1 atom stereocenters. The molecule has 0 spiro atoms. The smallest absolute Gasteiger partial charge is 0.255 e. The second-order valence-corrected chi connectivity index (χ2v) is 6.72. The highest BCUT2D eigenvalue weighted by molar-refractivity contribution is 7.99. The lowest BCUT2D eigenvalue weighted by molar-refractivity contribution is 0.453. The van der Waals surface area contributed by atoms with E-state index in [9.17, 15) is 0 Å². The van der Waals surface area contributed by atoms with E-state index < -0.39 is 0 Å². The second-order valence-electron chi connectivity index (χ2n) is 5.75. The maximum Gasteiger partial charge on any atom is 0.255 e. The predicted octanol–water partition coefficient (Wildman–Crippen LogP) is 4.23. The van der Waals surface area contributed by atoms with E-state index in [0.29, 0.717) is 12.0 Å². The Kier molecular flexibility index (Phi) is 5.88. The molecule has 1 N–H and O–H groups in total. The van der Waals surface area contributed by atoms with Crippen molar-refractivity contribution in [2.75, 3.05) is 12.8 Å². The summed E-state index contributed by atoms with van der Waals surface area (Å²) in [6.07, 6.45) is 2.83. The highest BCUT2D eigenvalue weighted by Crippen LogP contribution is 2.24. The van der Waals surface area contributed by atoms with Crippen molar-refractivity contribution in [2.24, 2.45) is 5.92 Å². The summed E-state index contributed by atoms with van der Waals surface area (Å²) in [5.41, 5.74) is 3.64. The van der Waals surface area contributed by atoms with Crippen LogP contribution >= 0.6 is 11.8 Å². The van der Waals surface area contributed by atoms with Crippen LogP contribution in [0.25, 0.3) is 0 Å². The third-order valence-electron chi connectivity index (χ3n) is 3.35. The van der Waals surface area contributed by atoms with Crippen LogP contribution in [0.4, 0.5) is 0 Å². The third kappa shape index (κ3) is 4.90. The van der Waals surface area contributed by atoms with Crippen LogP contribution in [0.1, 0.15) is 36.7 Å². The van der Waals surface area contributed by atoms with E-state index in [0.717, 1.165) is 23.1 Å². The number of rotatable bonds is 7. The maximum atomic E-state index is 5.38. The molecule has 114 valence electrons. The van der Waals surface area contributed by atoms with Crippen LogP contribution in [0.2, 0.25) is 0 Å². The van der Waals surface area contributed by atoms with E-state index in [4.69, 9.17) is 4.42 Å². The van der Waals surface area contributed by atoms with Crippen molar-refractivity contribution in [1.82, 2.24) is 10.3 Å². The fourth-order valence-electron chi connectivity index (χ4n) is 2.26. The summed E-state index contributed by atoms with van der Waals surface area (Å²) in [6.45, 7) is 6.44. The summed E-state index contributed by atoms with van der Waals surface area (Å²) in [7, 11) is 1.99. The van der Waals surface area contributed by atoms with Gasteiger partial charge < -0.3 is 9.73 Å². The van der Waals surface area contributed by atoms with Gasteiger partial charge in [0.15, 0.2) is 0 Å². The molecule has 1 aromatic heterocycles. The first-order valence-electron chi connectivity index (χ1n) is 7.39. The van der Waals surface area contributed by atoms with E-state index in [1.165, 1.54) is 11.1 Å². The lowest BCUT2D eigenvalue weighted by Crippen LogP contribution is -2.18. The summed E-state index contributed by atoms with van der Waals surface area (Å²) in [6, 6.07) is 9.22. The molecule has 1 unspecified atom stereocenters. The van der Waals surface area contributed by atoms with Crippen LogP contribution < -0.4 is 5.32 Å². The number of aromatic nitrogens is 1. The van der Waals surface area contributed by atoms with Gasteiger partial charge in [-0.25, -0.2) is 4.98 Å². The maximum absolute atomic E-state index is 5.38. The standard InChI is InChI=1S/C17H24N2OS/c1-12(2)9-14-5-7-15(8-6-14)16(18-4)11-21-17-19-13(3)10-20-17/h5-8,10,12,16,18H,9,11H2,1-4H3. The zero-order valence-electron chi connectivity index (χ0n) is 13.2. The van der Waals surface area contributed by atoms with Crippen LogP contribution in [-0.4, -0.2) is 17.8 Å². The fraction of sp³-hybridized carbons (Fsp3) is 0.471. The number of oxazole rings is 1. The highest BCUT2D eigenvalue weighted by Gasteiger charge is 2.12. The summed E-state index contributed by atoms with van der Waals surface area (Å²) in [5.74, 6) is 1.60. The minimum absolute atomic E-state index is 0.301. The molecule has 0 radical (unpaired) electrons. The van der Waals surface area contributed by atoms with Crippen molar-refractivity contribution in [2.45, 2.75) is 38.5 Å². The average molecular weight is 304 g/mol. The average Bonchev–Trinajstić information content (AvgIpc) is 2.86. The Hall–Kier alpha value is -1.26. The molecule has 0 bridgehead atoms. The van der Waals surface area contributed by atoms with Gasteiger partial charge in [0.2, 0.25) is 0 Å². The number of hydrogen-bond acceptors (Lipinski definition) is 4. The van der Waals surface area contributed by atoms with Crippen molar-refractivity contribution >= 4 is 11.8 Å². The summed E-state index contributed by atoms with van der Waals surface area (Å²) < 4.78 is 5.38. The molecule has 0 amide bonds. The zero-order valence-corrected chi connectivity index (χ0v) is 14.0. The molecular weight excluding hydrogens is 280 g/mol. The van der Waals surface area contributed by atoms with Crippen LogP contribution in [0.15, 0.2) is 40.2 Å². The highest BCUT2D eigenvalue weighted by atomic mass is 32.2. The fourth-order valence-corrected chi connectivity index (χ4v) is 3.25. The Balaban J connectivity index is 1.96. The Bertz CT molecular complexity index is 548. The number of benzene rings is 1. The van der Waals surface area contributed by atoms with Gasteiger partial charge in [-0.2, -0.15) is 0 Å². The van der Waals surface area contributed by atoms with Gasteiger partial charge in [-0.3, -0.25) is 0 Å². The van der Waals surface area contributed by atoms with E-state index in [-0.39, 0.29) is 0 Å². The molecule has 0 aliphatic carbocycles. The van der Waals surface area contributed by atoms with E-state index in [1.807, 2.05) is 14.0 Å². The Morgan fingerprint density at radius 1 is 1.24 bits per heavy atom. The second kappa shape index (κ2) is 7.66. The summed E-state index contributed by atoms with van der Waals surface area (Å²) in [5, 5.41) is 4.11. The number of thioether (sulfide) groups is 1. The Labute approximate surface area is 131 Å². The third-order valence-corrected chi connectivity index (χ3v) is 4.28. The SMILES string of the molecule is CNC(CSc1nc(C)co1)c1ccc(CC(C)C)cc1. The van der Waals surface area contributed by atoms with Gasteiger partial charge in [0, 0.05) is 11.8 Å². The quantitative estimate of drug-likeness (QED) is 0.777. The lowest BCUT2D eigenvalue weighted by atomic mass is 10.00. The van der Waals surface area contributed by atoms with E-state index in [2.05, 4.69) is 48.4 Å². The van der Waals surface area contributed by atoms with Crippen molar-refractivity contribution in [3.63, 3.8) is 0 Å². The van der Waals surface area contributed by atoms with Crippen molar-refractivity contribution < 1.29 is 4.42 Å². The van der Waals surface area contributed by atoms with Crippen LogP contribution in [0.3, 0.4) is 0 Å². The lowest BCUT2D eigenvalue weighted by Gasteiger charge is -2.16. The molecule has 4 heteroatoms. The minimum atomic E-state index is 0.301. The molecular formula is C17H24N2OS. The van der Waals surface area contributed by atoms with Crippen LogP contribution in [0.5, 0.6) is 0 Å². The molecule has 0 aliphatic heterocycles. The van der Waals surface area contributed by atoms with Crippen molar-refractivity contribution in [3.05, 3.63) is 47.3 Å². The molecule has 0 fully saturated rings. The van der Waals surface area contributed by atoms with Crippen molar-refractivity contribution in [1.29, 1.82) is 0 Å². The number of nitrogens with one attached hydrogen (secondary N) is 1. The first-order chi connectivity index (χ1) is 10.1. The molecule has 3 nitrogen and oxygen atoms in total. The largest absolute Gasteiger partial charge is 0.440 e. The summed E-state index contributed by atoms with van der Waals surface area (Å²) >= 11 is 1.64. The first kappa shape index (κ1) is 16.1. The normalized spacial score (nSPS) is 12.8. The zero-order chi connectivity index (χ0) is 15.2. The number of nitrogens with zero attached hydrogens (tertiary/aromatic N) is 1. The number of hydrogen-bond donors (Lipinski definition) is 1. The van der Waals surface area contributed by atoms with Crippen LogP contribution in [-0.2, 0) is 6.42 Å².